The van der Waals surface area contributed by atoms with Crippen LogP contribution in [0.4, 0.5) is 0 Å². The fourth-order valence-electron chi connectivity index (χ4n) is 7.23. The number of benzene rings is 2. The first-order chi connectivity index (χ1) is 17.5. The van der Waals surface area contributed by atoms with Gasteiger partial charge in [-0.2, -0.15) is 0 Å². The van der Waals surface area contributed by atoms with Gasteiger partial charge >= 0.3 is 5.97 Å². The van der Waals surface area contributed by atoms with Gasteiger partial charge in [0.1, 0.15) is 24.4 Å². The first kappa shape index (κ1) is 26.4. The van der Waals surface area contributed by atoms with Crippen LogP contribution in [0.5, 0.6) is 0 Å². The molecule has 5 rings (SSSR count). The summed E-state index contributed by atoms with van der Waals surface area (Å²) in [6.45, 7) is 12.7. The second-order valence-electron chi connectivity index (χ2n) is 12.9. The molecule has 2 aromatic rings. The number of hydrogen-bond acceptors (Lipinski definition) is 5. The van der Waals surface area contributed by atoms with Crippen molar-refractivity contribution in [1.29, 1.82) is 0 Å². The Bertz CT molecular complexity index is 1080. The zero-order valence-corrected chi connectivity index (χ0v) is 23.1. The zero-order chi connectivity index (χ0) is 26.4. The van der Waals surface area contributed by atoms with Gasteiger partial charge in [-0.1, -0.05) is 81.4 Å². The highest BCUT2D eigenvalue weighted by Crippen LogP contribution is 2.71. The Morgan fingerprint density at radius 3 is 2.14 bits per heavy atom. The Balaban J connectivity index is 1.40. The van der Waals surface area contributed by atoms with E-state index in [9.17, 15) is 4.79 Å². The lowest BCUT2D eigenvalue weighted by Gasteiger charge is -2.39. The van der Waals surface area contributed by atoms with E-state index in [-0.39, 0.29) is 29.8 Å². The van der Waals surface area contributed by atoms with Crippen molar-refractivity contribution in [2.75, 3.05) is 6.61 Å². The first-order valence-electron chi connectivity index (χ1n) is 13.7. The molecule has 7 atom stereocenters. The second kappa shape index (κ2) is 9.83. The van der Waals surface area contributed by atoms with Gasteiger partial charge in [0.15, 0.2) is 6.29 Å². The predicted octanol–water partition coefficient (Wildman–Crippen LogP) is 7.03. The molecule has 2 saturated carbocycles. The van der Waals surface area contributed by atoms with Gasteiger partial charge in [0.05, 0.1) is 6.10 Å². The minimum atomic E-state index is -0.573. The van der Waals surface area contributed by atoms with Crippen molar-refractivity contribution in [2.24, 2.45) is 22.7 Å². The van der Waals surface area contributed by atoms with Crippen LogP contribution in [0.3, 0.4) is 0 Å². The van der Waals surface area contributed by atoms with E-state index in [0.29, 0.717) is 11.8 Å². The fraction of sp³-hybridized carbons (Fsp3) is 0.594. The van der Waals surface area contributed by atoms with Gasteiger partial charge in [0, 0.05) is 6.42 Å². The lowest BCUT2D eigenvalue weighted by Crippen LogP contribution is -2.38. The van der Waals surface area contributed by atoms with Gasteiger partial charge in [-0.25, -0.2) is 4.79 Å². The van der Waals surface area contributed by atoms with Crippen molar-refractivity contribution in [3.63, 3.8) is 0 Å². The normalized spacial score (nSPS) is 31.6. The molecule has 0 amide bonds. The van der Waals surface area contributed by atoms with Crippen molar-refractivity contribution < 1.29 is 23.7 Å². The number of ether oxygens (including phenoxy) is 4. The quantitative estimate of drug-likeness (QED) is 0.360. The predicted molar refractivity (Wildman–Crippen MR) is 143 cm³/mol. The highest BCUT2D eigenvalue weighted by molar-refractivity contribution is 5.71. The Morgan fingerprint density at radius 2 is 1.57 bits per heavy atom. The maximum atomic E-state index is 12.6. The van der Waals surface area contributed by atoms with E-state index in [2.05, 4.69) is 32.9 Å². The van der Waals surface area contributed by atoms with Crippen LogP contribution >= 0.6 is 0 Å². The molecule has 2 bridgehead atoms. The van der Waals surface area contributed by atoms with Crippen molar-refractivity contribution in [3.8, 4) is 0 Å². The minimum absolute atomic E-state index is 0.158. The number of fused-ring (bicyclic) bond motifs is 5. The molecule has 3 aliphatic rings. The molecule has 0 N–H and O–H groups in total. The van der Waals surface area contributed by atoms with Crippen LogP contribution in [0.25, 0.3) is 0 Å². The summed E-state index contributed by atoms with van der Waals surface area (Å²) in [5.41, 5.74) is 1.84. The van der Waals surface area contributed by atoms with Crippen LogP contribution in [-0.4, -0.2) is 30.6 Å². The first-order valence-corrected chi connectivity index (χ1v) is 13.7. The maximum absolute atomic E-state index is 12.6. The number of esters is 1. The molecule has 1 aliphatic heterocycles. The van der Waals surface area contributed by atoms with E-state index in [0.717, 1.165) is 17.5 Å². The number of rotatable bonds is 8. The van der Waals surface area contributed by atoms with Crippen molar-refractivity contribution in [1.82, 2.24) is 0 Å². The molecule has 2 aliphatic carbocycles. The lowest BCUT2D eigenvalue weighted by molar-refractivity contribution is -0.213. The Labute approximate surface area is 221 Å². The third-order valence-electron chi connectivity index (χ3n) is 9.30. The molecule has 0 unspecified atom stereocenters. The molecule has 5 heteroatoms. The monoisotopic (exact) mass is 506 g/mol. The summed E-state index contributed by atoms with van der Waals surface area (Å²) in [5, 5.41) is 0. The molecule has 1 heterocycles. The highest BCUT2D eigenvalue weighted by atomic mass is 16.7. The average Bonchev–Trinajstić information content (AvgIpc) is 3.42. The average molecular weight is 507 g/mol. The number of hydrogen-bond donors (Lipinski definition) is 0. The summed E-state index contributed by atoms with van der Waals surface area (Å²) in [7, 11) is 0. The largest absolute Gasteiger partial charge is 0.458 e. The van der Waals surface area contributed by atoms with Gasteiger partial charge < -0.3 is 18.9 Å². The fourth-order valence-corrected chi connectivity index (χ4v) is 7.23. The van der Waals surface area contributed by atoms with Crippen molar-refractivity contribution in [3.05, 3.63) is 71.8 Å². The maximum Gasteiger partial charge on any atom is 0.332 e. The zero-order valence-electron chi connectivity index (χ0n) is 23.1. The molecular weight excluding hydrogens is 464 g/mol. The summed E-state index contributed by atoms with van der Waals surface area (Å²) < 4.78 is 25.4. The van der Waals surface area contributed by atoms with E-state index in [1.54, 1.807) is 0 Å². The molecule has 0 aromatic heterocycles. The SMILES string of the molecule is CC(C)(C)OC(=O)CO[C@@H](c1ccccc1)[C@H](O[C@H]1C[C@@H]2[C@H]3CC[C@@](C)([C@@H]2O1)C3(C)C)c1ccccc1. The van der Waals surface area contributed by atoms with Crippen LogP contribution in [0.15, 0.2) is 60.7 Å². The van der Waals surface area contributed by atoms with E-state index in [4.69, 9.17) is 18.9 Å². The van der Waals surface area contributed by atoms with Gasteiger partial charge in [-0.15, -0.1) is 0 Å². The molecule has 3 fully saturated rings. The molecule has 1 saturated heterocycles. The van der Waals surface area contributed by atoms with Crippen molar-refractivity contribution >= 4 is 5.97 Å². The van der Waals surface area contributed by atoms with Crippen LogP contribution in [0.2, 0.25) is 0 Å². The van der Waals surface area contributed by atoms with Crippen LogP contribution < -0.4 is 0 Å². The topological polar surface area (TPSA) is 54.0 Å². The van der Waals surface area contributed by atoms with Crippen molar-refractivity contribution in [2.45, 2.75) is 91.0 Å². The summed E-state index contributed by atoms with van der Waals surface area (Å²) in [6, 6.07) is 20.1. The van der Waals surface area contributed by atoms with E-state index < -0.39 is 23.8 Å². The molecule has 0 spiro atoms. The van der Waals surface area contributed by atoms with Gasteiger partial charge in [-0.3, -0.25) is 0 Å². The smallest absolute Gasteiger partial charge is 0.332 e. The van der Waals surface area contributed by atoms with E-state index in [1.165, 1.54) is 12.8 Å². The van der Waals surface area contributed by atoms with Gasteiger partial charge in [0.25, 0.3) is 0 Å². The standard InChI is InChI=1S/C32H42O5/c1-30(2,3)37-25(33)20-34-27(21-13-9-7-10-14-21)28(22-15-11-8-12-16-22)35-26-19-23-24-17-18-32(6,29(23)36-26)31(24,4)5/h7-16,23-24,26-29H,17-20H2,1-6H3/t23-,24-,26-,27+,28-,29-,32+/m1/s1. The second-order valence-corrected chi connectivity index (χ2v) is 12.9. The third kappa shape index (κ3) is 4.98. The molecule has 2 aromatic carbocycles. The number of carbonyl (C=O) groups is 1. The van der Waals surface area contributed by atoms with E-state index >= 15 is 0 Å². The molecule has 37 heavy (non-hydrogen) atoms. The van der Waals surface area contributed by atoms with Crippen LogP contribution in [0, 0.1) is 22.7 Å². The molecular formula is C32H42O5. The molecule has 200 valence electrons. The summed E-state index contributed by atoms with van der Waals surface area (Å²) in [4.78, 5) is 12.6. The Morgan fingerprint density at radius 1 is 0.973 bits per heavy atom. The van der Waals surface area contributed by atoms with Gasteiger partial charge in [-0.05, 0) is 67.4 Å². The van der Waals surface area contributed by atoms with Crippen LogP contribution in [0.1, 0.15) is 84.1 Å². The van der Waals surface area contributed by atoms with E-state index in [1.807, 2.05) is 69.3 Å². The van der Waals surface area contributed by atoms with Crippen LogP contribution in [-0.2, 0) is 23.7 Å². The summed E-state index contributed by atoms with van der Waals surface area (Å²) >= 11 is 0. The van der Waals surface area contributed by atoms with Gasteiger partial charge in [0.2, 0.25) is 0 Å². The lowest BCUT2D eigenvalue weighted by atomic mass is 9.70. The highest BCUT2D eigenvalue weighted by Gasteiger charge is 2.69. The molecule has 5 nitrogen and oxygen atoms in total. The Hall–Kier alpha value is -2.21. The number of carbonyl (C=O) groups excluding carboxylic acids is 1. The molecule has 0 radical (unpaired) electrons. The Kier molecular flexibility index (Phi) is 7.01. The summed E-state index contributed by atoms with van der Waals surface area (Å²) in [6.07, 6.45) is 2.36. The minimum Gasteiger partial charge on any atom is -0.458 e. The summed E-state index contributed by atoms with van der Waals surface area (Å²) in [5.74, 6) is 0.797. The third-order valence-corrected chi connectivity index (χ3v) is 9.30.